The third kappa shape index (κ3) is 3.86. The van der Waals surface area contributed by atoms with Gasteiger partial charge >= 0.3 is 0 Å². The summed E-state index contributed by atoms with van der Waals surface area (Å²) in [5.74, 6) is 3.64. The van der Waals surface area contributed by atoms with Crippen molar-refractivity contribution in [3.05, 3.63) is 23.7 Å². The topological polar surface area (TPSA) is 51.2 Å². The first-order valence-electron chi connectivity index (χ1n) is 6.74. The van der Waals surface area contributed by atoms with Gasteiger partial charge in [-0.05, 0) is 69.7 Å². The van der Waals surface area contributed by atoms with Crippen molar-refractivity contribution < 1.29 is 4.42 Å². The standard InChI is InChI=1S/C14H24N2O/c1-11-2-7-14(17-11)10-16-9-13-5-3-12(8-15)4-6-13/h2,7,12-13,16H,3-6,8-10,15H2,1H3. The van der Waals surface area contributed by atoms with E-state index < -0.39 is 0 Å². The van der Waals surface area contributed by atoms with Gasteiger partial charge in [-0.25, -0.2) is 0 Å². The Hall–Kier alpha value is -0.800. The summed E-state index contributed by atoms with van der Waals surface area (Å²) in [6, 6.07) is 4.07. The lowest BCUT2D eigenvalue weighted by Crippen LogP contribution is -2.28. The van der Waals surface area contributed by atoms with Crippen molar-refractivity contribution in [2.75, 3.05) is 13.1 Å². The molecule has 0 aromatic carbocycles. The van der Waals surface area contributed by atoms with Gasteiger partial charge in [-0.2, -0.15) is 0 Å². The molecule has 0 radical (unpaired) electrons. The monoisotopic (exact) mass is 236 g/mol. The van der Waals surface area contributed by atoms with Gasteiger partial charge in [-0.1, -0.05) is 0 Å². The molecule has 0 aliphatic heterocycles. The van der Waals surface area contributed by atoms with Gasteiger partial charge in [0.25, 0.3) is 0 Å². The molecule has 0 saturated heterocycles. The molecule has 1 saturated carbocycles. The van der Waals surface area contributed by atoms with Crippen LogP contribution in [0.1, 0.15) is 37.2 Å². The Morgan fingerprint density at radius 3 is 2.53 bits per heavy atom. The van der Waals surface area contributed by atoms with Gasteiger partial charge in [0.05, 0.1) is 6.54 Å². The van der Waals surface area contributed by atoms with Gasteiger partial charge in [-0.3, -0.25) is 0 Å². The summed E-state index contributed by atoms with van der Waals surface area (Å²) >= 11 is 0. The van der Waals surface area contributed by atoms with Crippen LogP contribution >= 0.6 is 0 Å². The fraction of sp³-hybridized carbons (Fsp3) is 0.714. The van der Waals surface area contributed by atoms with Crippen molar-refractivity contribution in [3.63, 3.8) is 0 Å². The quantitative estimate of drug-likeness (QED) is 0.825. The lowest BCUT2D eigenvalue weighted by molar-refractivity contribution is 0.270. The minimum Gasteiger partial charge on any atom is -0.465 e. The molecule has 17 heavy (non-hydrogen) atoms. The predicted molar refractivity (Wildman–Crippen MR) is 69.7 cm³/mol. The van der Waals surface area contributed by atoms with E-state index >= 15 is 0 Å². The van der Waals surface area contributed by atoms with Crippen LogP contribution in [-0.4, -0.2) is 13.1 Å². The van der Waals surface area contributed by atoms with Crippen molar-refractivity contribution in [1.82, 2.24) is 5.32 Å². The molecule has 3 nitrogen and oxygen atoms in total. The first-order valence-corrected chi connectivity index (χ1v) is 6.74. The minimum atomic E-state index is 0.777. The Morgan fingerprint density at radius 1 is 1.24 bits per heavy atom. The van der Waals surface area contributed by atoms with Gasteiger partial charge in [0.15, 0.2) is 0 Å². The molecule has 0 atom stereocenters. The van der Waals surface area contributed by atoms with Gasteiger partial charge < -0.3 is 15.5 Å². The zero-order valence-corrected chi connectivity index (χ0v) is 10.7. The molecular weight excluding hydrogens is 212 g/mol. The second-order valence-corrected chi connectivity index (χ2v) is 5.27. The number of furan rings is 1. The van der Waals surface area contributed by atoms with E-state index in [0.717, 1.165) is 43.0 Å². The molecule has 3 N–H and O–H groups in total. The van der Waals surface area contributed by atoms with Crippen molar-refractivity contribution in [3.8, 4) is 0 Å². The maximum absolute atomic E-state index is 5.70. The molecule has 3 heteroatoms. The van der Waals surface area contributed by atoms with Crippen LogP contribution in [0.3, 0.4) is 0 Å². The molecule has 1 aliphatic rings. The summed E-state index contributed by atoms with van der Waals surface area (Å²) in [5, 5.41) is 3.49. The molecule has 0 amide bonds. The molecule has 1 aliphatic carbocycles. The van der Waals surface area contributed by atoms with E-state index in [9.17, 15) is 0 Å². The van der Waals surface area contributed by atoms with Crippen LogP contribution in [0.25, 0.3) is 0 Å². The van der Waals surface area contributed by atoms with Crippen LogP contribution in [0.2, 0.25) is 0 Å². The Bertz CT molecular complexity index is 327. The van der Waals surface area contributed by atoms with E-state index in [2.05, 4.69) is 5.32 Å². The van der Waals surface area contributed by atoms with Crippen molar-refractivity contribution in [2.45, 2.75) is 39.2 Å². The van der Waals surface area contributed by atoms with E-state index in [1.54, 1.807) is 0 Å². The average Bonchev–Trinajstić information content (AvgIpc) is 2.76. The number of hydrogen-bond acceptors (Lipinski definition) is 3. The summed E-state index contributed by atoms with van der Waals surface area (Å²) in [7, 11) is 0. The number of hydrogen-bond donors (Lipinski definition) is 2. The SMILES string of the molecule is Cc1ccc(CNCC2CCC(CN)CC2)o1. The lowest BCUT2D eigenvalue weighted by Gasteiger charge is -2.27. The van der Waals surface area contributed by atoms with Gasteiger partial charge in [0.2, 0.25) is 0 Å². The molecule has 0 spiro atoms. The molecule has 1 fully saturated rings. The predicted octanol–water partition coefficient (Wildman–Crippen LogP) is 2.44. The smallest absolute Gasteiger partial charge is 0.117 e. The van der Waals surface area contributed by atoms with Crippen molar-refractivity contribution in [2.24, 2.45) is 17.6 Å². The molecule has 0 unspecified atom stereocenters. The first kappa shape index (κ1) is 12.7. The Morgan fingerprint density at radius 2 is 1.94 bits per heavy atom. The highest BCUT2D eigenvalue weighted by Gasteiger charge is 2.19. The number of nitrogens with two attached hydrogens (primary N) is 1. The fourth-order valence-electron chi connectivity index (χ4n) is 2.65. The zero-order chi connectivity index (χ0) is 12.1. The third-order valence-electron chi connectivity index (χ3n) is 3.83. The molecular formula is C14H24N2O. The Balaban J connectivity index is 1.63. The molecule has 2 rings (SSSR count). The lowest BCUT2D eigenvalue weighted by atomic mass is 9.82. The molecule has 1 aromatic heterocycles. The molecule has 1 aromatic rings. The maximum atomic E-state index is 5.70. The zero-order valence-electron chi connectivity index (χ0n) is 10.7. The largest absolute Gasteiger partial charge is 0.465 e. The molecule has 96 valence electrons. The third-order valence-corrected chi connectivity index (χ3v) is 3.83. The average molecular weight is 236 g/mol. The highest BCUT2D eigenvalue weighted by molar-refractivity contribution is 5.05. The van der Waals surface area contributed by atoms with Crippen LogP contribution in [0, 0.1) is 18.8 Å². The van der Waals surface area contributed by atoms with Gasteiger partial charge in [-0.15, -0.1) is 0 Å². The number of aryl methyl sites for hydroxylation is 1. The highest BCUT2D eigenvalue weighted by atomic mass is 16.3. The van der Waals surface area contributed by atoms with Crippen LogP contribution in [-0.2, 0) is 6.54 Å². The first-order chi connectivity index (χ1) is 8.28. The van der Waals surface area contributed by atoms with E-state index in [-0.39, 0.29) is 0 Å². The number of nitrogens with one attached hydrogen (secondary N) is 1. The van der Waals surface area contributed by atoms with E-state index in [4.69, 9.17) is 10.2 Å². The van der Waals surface area contributed by atoms with Crippen LogP contribution in [0.5, 0.6) is 0 Å². The van der Waals surface area contributed by atoms with E-state index in [0.29, 0.717) is 0 Å². The van der Waals surface area contributed by atoms with Crippen LogP contribution < -0.4 is 11.1 Å². The van der Waals surface area contributed by atoms with Gasteiger partial charge in [0.1, 0.15) is 11.5 Å². The summed E-state index contributed by atoms with van der Waals surface area (Å²) in [6.07, 6.45) is 5.27. The van der Waals surface area contributed by atoms with Crippen LogP contribution in [0.4, 0.5) is 0 Å². The Kier molecular flexibility index (Phi) is 4.63. The van der Waals surface area contributed by atoms with E-state index in [1.807, 2.05) is 19.1 Å². The fourth-order valence-corrected chi connectivity index (χ4v) is 2.65. The summed E-state index contributed by atoms with van der Waals surface area (Å²) in [4.78, 5) is 0. The minimum absolute atomic E-state index is 0.777. The summed E-state index contributed by atoms with van der Waals surface area (Å²) in [5.41, 5.74) is 5.70. The van der Waals surface area contributed by atoms with E-state index in [1.165, 1.54) is 25.7 Å². The van der Waals surface area contributed by atoms with Crippen LogP contribution in [0.15, 0.2) is 16.5 Å². The highest BCUT2D eigenvalue weighted by Crippen LogP contribution is 2.27. The maximum Gasteiger partial charge on any atom is 0.117 e. The normalized spacial score (nSPS) is 25.1. The summed E-state index contributed by atoms with van der Waals surface area (Å²) < 4.78 is 5.53. The van der Waals surface area contributed by atoms with Crippen molar-refractivity contribution >= 4 is 0 Å². The molecule has 0 bridgehead atoms. The second kappa shape index (κ2) is 6.22. The summed E-state index contributed by atoms with van der Waals surface area (Å²) in [6.45, 7) is 4.81. The van der Waals surface area contributed by atoms with Crippen molar-refractivity contribution in [1.29, 1.82) is 0 Å². The number of rotatable bonds is 5. The molecule has 1 heterocycles. The Labute approximate surface area is 104 Å². The van der Waals surface area contributed by atoms with Gasteiger partial charge in [0, 0.05) is 0 Å². The second-order valence-electron chi connectivity index (χ2n) is 5.27.